The van der Waals surface area contributed by atoms with Crippen LogP contribution in [-0.2, 0) is 0 Å². The van der Waals surface area contributed by atoms with Gasteiger partial charge in [-0.3, -0.25) is 4.79 Å². The normalized spacial score (nSPS) is 11.9. The smallest absolute Gasteiger partial charge is 0.259 e. The number of nitrogens with two attached hydrogens (primary N) is 1. The van der Waals surface area contributed by atoms with Crippen LogP contribution in [0.2, 0.25) is 10.0 Å². The maximum absolute atomic E-state index is 13.7. The van der Waals surface area contributed by atoms with Crippen LogP contribution in [0.3, 0.4) is 0 Å². The Bertz CT molecular complexity index is 1380. The third kappa shape index (κ3) is 5.75. The van der Waals surface area contributed by atoms with Crippen molar-refractivity contribution in [3.05, 3.63) is 86.8 Å². The van der Waals surface area contributed by atoms with Crippen molar-refractivity contribution in [3.8, 4) is 11.8 Å². The maximum atomic E-state index is 13.7. The molecule has 0 saturated heterocycles. The predicted molar refractivity (Wildman–Crippen MR) is 138 cm³/mol. The van der Waals surface area contributed by atoms with Crippen LogP contribution in [0.15, 0.2) is 53.5 Å². The standard InChI is InChI=1S/C25H22Cl2N6O2/c1-30-32-25(29)31-13-18(15-8-9-20(26)21(27)11-15)14-33(2)24(34)22-19-7-5-4-6-16(19)10-17(12-28)23(22)35-3/h4-11,18H,13-14H2,2-3H3,(H3,29,31,32)/t18-/m1/s1. The van der Waals surface area contributed by atoms with Crippen molar-refractivity contribution in [2.75, 3.05) is 27.2 Å². The van der Waals surface area contributed by atoms with E-state index in [9.17, 15) is 10.1 Å². The number of carbonyl (C=O) groups excluding carboxylic acids is 1. The summed E-state index contributed by atoms with van der Waals surface area (Å²) >= 11 is 12.3. The molecule has 3 N–H and O–H groups in total. The van der Waals surface area contributed by atoms with Gasteiger partial charge >= 0.3 is 0 Å². The lowest BCUT2D eigenvalue weighted by molar-refractivity contribution is 0.0786. The zero-order valence-electron chi connectivity index (χ0n) is 19.0. The Balaban J connectivity index is 2.02. The molecule has 1 atom stereocenters. The van der Waals surface area contributed by atoms with Crippen molar-refractivity contribution < 1.29 is 9.53 Å². The first kappa shape index (κ1) is 25.6. The molecular weight excluding hydrogens is 487 g/mol. The summed E-state index contributed by atoms with van der Waals surface area (Å²) in [5.74, 6) is -0.455. The number of nitrogens with zero attached hydrogens (tertiary/aromatic N) is 4. The Hall–Kier alpha value is -3.98. The fourth-order valence-electron chi connectivity index (χ4n) is 3.78. The molecule has 0 bridgehead atoms. The van der Waals surface area contributed by atoms with Crippen LogP contribution < -0.4 is 15.9 Å². The highest BCUT2D eigenvalue weighted by Gasteiger charge is 2.25. The first-order chi connectivity index (χ1) is 16.8. The number of amides is 1. The summed E-state index contributed by atoms with van der Waals surface area (Å²) in [4.78, 5) is 22.5. The van der Waals surface area contributed by atoms with E-state index < -0.39 is 0 Å². The highest BCUT2D eigenvalue weighted by atomic mass is 35.5. The van der Waals surface area contributed by atoms with E-state index in [1.54, 1.807) is 31.3 Å². The quantitative estimate of drug-likeness (QED) is 0.209. The number of fused-ring (bicyclic) bond motifs is 1. The Kier molecular flexibility index (Phi) is 8.38. The van der Waals surface area contributed by atoms with Crippen molar-refractivity contribution in [1.29, 1.82) is 5.26 Å². The van der Waals surface area contributed by atoms with Gasteiger partial charge in [-0.15, -0.1) is 0 Å². The molecule has 0 unspecified atom stereocenters. The monoisotopic (exact) mass is 508 g/mol. The molecule has 0 heterocycles. The molecule has 0 aliphatic carbocycles. The van der Waals surface area contributed by atoms with Gasteiger partial charge in [0.2, 0.25) is 0 Å². The minimum Gasteiger partial charge on any atom is -0.495 e. The number of ether oxygens (including phenoxy) is 1. The van der Waals surface area contributed by atoms with Crippen LogP contribution in [0.5, 0.6) is 5.75 Å². The van der Waals surface area contributed by atoms with Crippen molar-refractivity contribution in [1.82, 2.24) is 10.3 Å². The van der Waals surface area contributed by atoms with Gasteiger partial charge in [-0.25, -0.2) is 4.99 Å². The number of hydrogen-bond acceptors (Lipinski definition) is 4. The molecule has 0 saturated carbocycles. The van der Waals surface area contributed by atoms with Crippen molar-refractivity contribution in [2.45, 2.75) is 5.92 Å². The molecular formula is C25H22Cl2N6O2. The number of halogens is 2. The van der Waals surface area contributed by atoms with Crippen molar-refractivity contribution >= 4 is 45.8 Å². The largest absolute Gasteiger partial charge is 0.495 e. The van der Waals surface area contributed by atoms with E-state index in [-0.39, 0.29) is 42.2 Å². The molecule has 0 aliphatic rings. The molecule has 0 fully saturated rings. The van der Waals surface area contributed by atoms with Gasteiger partial charge in [0.25, 0.3) is 11.9 Å². The lowest BCUT2D eigenvalue weighted by atomic mass is 9.96. The molecule has 8 nitrogen and oxygen atoms in total. The molecule has 10 heteroatoms. The van der Waals surface area contributed by atoms with Crippen molar-refractivity contribution in [2.24, 2.45) is 10.7 Å². The van der Waals surface area contributed by atoms with Gasteiger partial charge in [-0.1, -0.05) is 59.0 Å². The molecule has 0 spiro atoms. The van der Waals surface area contributed by atoms with E-state index in [0.29, 0.717) is 21.0 Å². The molecule has 0 aromatic heterocycles. The molecule has 3 aromatic carbocycles. The van der Waals surface area contributed by atoms with E-state index in [4.69, 9.17) is 40.2 Å². The van der Waals surface area contributed by atoms with Gasteiger partial charge in [0.1, 0.15) is 11.8 Å². The first-order valence-corrected chi connectivity index (χ1v) is 11.2. The average Bonchev–Trinajstić information content (AvgIpc) is 2.86. The Labute approximate surface area is 213 Å². The predicted octanol–water partition coefficient (Wildman–Crippen LogP) is 4.62. The number of carbonyl (C=O) groups is 1. The fourth-order valence-corrected chi connectivity index (χ4v) is 4.08. The van der Waals surface area contributed by atoms with Crippen LogP contribution in [0.25, 0.3) is 15.7 Å². The Morgan fingerprint density at radius 3 is 2.69 bits per heavy atom. The number of hydrogen-bond donors (Lipinski definition) is 2. The summed E-state index contributed by atoms with van der Waals surface area (Å²) in [5.41, 5.74) is 9.36. The molecule has 3 rings (SSSR count). The molecule has 35 heavy (non-hydrogen) atoms. The Morgan fingerprint density at radius 2 is 2.03 bits per heavy atom. The van der Waals surface area contributed by atoms with E-state index in [1.807, 2.05) is 24.3 Å². The molecule has 1 amide bonds. The summed E-state index contributed by atoms with van der Waals surface area (Å²) in [7, 11) is 3.09. The van der Waals surface area contributed by atoms with Crippen molar-refractivity contribution in [3.63, 3.8) is 0 Å². The third-order valence-corrected chi connectivity index (χ3v) is 6.19. The van der Waals surface area contributed by atoms with Crippen LogP contribution in [0.4, 0.5) is 0 Å². The summed E-state index contributed by atoms with van der Waals surface area (Å²) in [6, 6.07) is 16.3. The maximum Gasteiger partial charge on any atom is 0.259 e. The van der Waals surface area contributed by atoms with Gasteiger partial charge in [-0.2, -0.15) is 16.8 Å². The number of guanidine groups is 1. The summed E-state index contributed by atoms with van der Waals surface area (Å²) in [5, 5.41) is 11.8. The van der Waals surface area contributed by atoms with Gasteiger partial charge in [0.15, 0.2) is 0 Å². The number of aliphatic imine (C=N–C) groups is 1. The minimum absolute atomic E-state index is 0.0339. The number of benzene rings is 3. The lowest BCUT2D eigenvalue weighted by Crippen LogP contribution is -2.33. The van der Waals surface area contributed by atoms with E-state index >= 15 is 0 Å². The molecule has 178 valence electrons. The lowest BCUT2D eigenvalue weighted by Gasteiger charge is -2.25. The number of nitriles is 1. The van der Waals surface area contributed by atoms with Crippen LogP contribution in [0, 0.1) is 17.9 Å². The number of nitrogens with one attached hydrogen (secondary N) is 1. The SMILES string of the molecule is [C-]#[N+]NC(N)=NC[C@H](CN(C)C(=O)c1c(OC)c(C#N)cc2ccccc12)c1ccc(Cl)c(Cl)c1. The number of rotatable bonds is 7. The minimum atomic E-state index is -0.323. The highest BCUT2D eigenvalue weighted by Crippen LogP contribution is 2.34. The zero-order chi connectivity index (χ0) is 25.5. The van der Waals surface area contributed by atoms with E-state index in [0.717, 1.165) is 10.9 Å². The van der Waals surface area contributed by atoms with Crippen LogP contribution in [0.1, 0.15) is 27.4 Å². The van der Waals surface area contributed by atoms with Crippen LogP contribution >= 0.6 is 23.2 Å². The topological polar surface area (TPSA) is 108 Å². The highest BCUT2D eigenvalue weighted by molar-refractivity contribution is 6.42. The van der Waals surface area contributed by atoms with E-state index in [2.05, 4.69) is 21.4 Å². The van der Waals surface area contributed by atoms with E-state index in [1.165, 1.54) is 12.0 Å². The van der Waals surface area contributed by atoms with Gasteiger partial charge in [0, 0.05) is 19.5 Å². The second kappa shape index (κ2) is 11.4. The molecule has 0 radical (unpaired) electrons. The van der Waals surface area contributed by atoms with Gasteiger partial charge < -0.3 is 15.4 Å². The second-order valence-electron chi connectivity index (χ2n) is 7.67. The van der Waals surface area contributed by atoms with Gasteiger partial charge in [-0.05, 0) is 34.5 Å². The summed E-state index contributed by atoms with van der Waals surface area (Å²) in [6.45, 7) is 7.29. The summed E-state index contributed by atoms with van der Waals surface area (Å²) < 4.78 is 5.49. The number of methoxy groups -OCH3 is 1. The second-order valence-corrected chi connectivity index (χ2v) is 8.49. The number of likely N-dealkylation sites (N-methyl/N-ethyl adjacent to an activating group) is 1. The fraction of sp³-hybridized carbons (Fsp3) is 0.200. The van der Waals surface area contributed by atoms with Crippen LogP contribution in [-0.4, -0.2) is 44.0 Å². The zero-order valence-corrected chi connectivity index (χ0v) is 20.6. The molecule has 3 aromatic rings. The first-order valence-electron chi connectivity index (χ1n) is 10.4. The average molecular weight is 509 g/mol. The molecule has 0 aliphatic heterocycles. The Morgan fingerprint density at radius 1 is 1.29 bits per heavy atom. The third-order valence-electron chi connectivity index (χ3n) is 5.45. The van der Waals surface area contributed by atoms with Gasteiger partial charge in [0.05, 0.1) is 34.8 Å². The summed E-state index contributed by atoms with van der Waals surface area (Å²) in [6.07, 6.45) is 0.